The Labute approximate surface area is 350 Å². The van der Waals surface area contributed by atoms with E-state index in [4.69, 9.17) is 9.72 Å². The van der Waals surface area contributed by atoms with Crippen LogP contribution in [0.1, 0.15) is 103 Å². The molecule has 1 unspecified atom stereocenters. The van der Waals surface area contributed by atoms with Gasteiger partial charge >= 0.3 is 5.69 Å². The Morgan fingerprint density at radius 3 is 2.52 bits per heavy atom. The van der Waals surface area contributed by atoms with Gasteiger partial charge in [-0.25, -0.2) is 23.1 Å². The molecule has 4 aliphatic rings. The fourth-order valence-corrected chi connectivity index (χ4v) is 9.41. The first kappa shape index (κ1) is 40.6. The van der Waals surface area contributed by atoms with Crippen molar-refractivity contribution in [3.05, 3.63) is 75.9 Å². The molecule has 7 heterocycles. The maximum atomic E-state index is 14.3. The number of nitrogens with one attached hydrogen (secondary N) is 2. The van der Waals surface area contributed by atoms with E-state index in [1.165, 1.54) is 26.0 Å². The van der Waals surface area contributed by atoms with Crippen LogP contribution in [0.4, 0.5) is 14.5 Å². The molecular formula is C43H49F2N11O5. The summed E-state index contributed by atoms with van der Waals surface area (Å²) < 4.78 is 40.1. The lowest BCUT2D eigenvalue weighted by Crippen LogP contribution is -2.48. The predicted octanol–water partition coefficient (Wildman–Crippen LogP) is 4.04. The normalized spacial score (nSPS) is 22.1. The lowest BCUT2D eigenvalue weighted by atomic mass is 9.85. The summed E-state index contributed by atoms with van der Waals surface area (Å²) in [4.78, 5) is 60.6. The number of fused-ring (bicyclic) bond motifs is 2. The van der Waals surface area contributed by atoms with E-state index in [2.05, 4.69) is 42.5 Å². The number of ether oxygens (including phenoxy) is 1. The number of piperidine rings is 1. The largest absolute Gasteiger partial charge is 0.381 e. The van der Waals surface area contributed by atoms with Gasteiger partial charge in [0.15, 0.2) is 11.3 Å². The molecular weight excluding hydrogens is 789 g/mol. The topological polar surface area (TPSA) is 166 Å². The van der Waals surface area contributed by atoms with Gasteiger partial charge in [-0.1, -0.05) is 17.9 Å². The van der Waals surface area contributed by atoms with Crippen LogP contribution in [-0.4, -0.2) is 114 Å². The van der Waals surface area contributed by atoms with Crippen LogP contribution in [0.3, 0.4) is 0 Å². The van der Waals surface area contributed by atoms with Crippen molar-refractivity contribution >= 4 is 40.1 Å². The quantitative estimate of drug-likeness (QED) is 0.164. The number of amides is 3. The summed E-state index contributed by atoms with van der Waals surface area (Å²) in [7, 11) is 1.68. The van der Waals surface area contributed by atoms with Gasteiger partial charge in [0.05, 0.1) is 41.1 Å². The van der Waals surface area contributed by atoms with E-state index in [1.54, 1.807) is 17.9 Å². The smallest absolute Gasteiger partial charge is 0.329 e. The summed E-state index contributed by atoms with van der Waals surface area (Å²) in [5, 5.41) is 13.6. The zero-order valence-corrected chi connectivity index (χ0v) is 34.1. The first-order chi connectivity index (χ1) is 29.6. The van der Waals surface area contributed by atoms with Crippen molar-refractivity contribution in [2.24, 2.45) is 13.0 Å². The maximum Gasteiger partial charge on any atom is 0.329 e. The van der Waals surface area contributed by atoms with Crippen molar-refractivity contribution in [1.82, 2.24) is 48.6 Å². The van der Waals surface area contributed by atoms with Gasteiger partial charge in [-0.3, -0.25) is 38.4 Å². The van der Waals surface area contributed by atoms with Crippen molar-refractivity contribution in [2.75, 3.05) is 57.8 Å². The van der Waals surface area contributed by atoms with Crippen LogP contribution in [0.2, 0.25) is 0 Å². The number of imidazole rings is 1. The monoisotopic (exact) mass is 837 g/mol. The molecule has 1 atom stereocenters. The molecule has 3 amide bonds. The Balaban J connectivity index is 0.768. The van der Waals surface area contributed by atoms with Crippen molar-refractivity contribution in [3.8, 4) is 11.8 Å². The number of aromatic nitrogens is 7. The molecule has 0 spiro atoms. The highest BCUT2D eigenvalue weighted by Gasteiger charge is 2.32. The van der Waals surface area contributed by atoms with E-state index in [9.17, 15) is 28.0 Å². The molecule has 3 saturated heterocycles. The van der Waals surface area contributed by atoms with Gasteiger partial charge in [-0.15, -0.1) is 0 Å². The maximum absolute atomic E-state index is 14.3. The lowest BCUT2D eigenvalue weighted by molar-refractivity contribution is -0.135. The number of imide groups is 1. The summed E-state index contributed by atoms with van der Waals surface area (Å²) in [6.45, 7) is 6.45. The third-order valence-electron chi connectivity index (χ3n) is 12.8. The second-order valence-electron chi connectivity index (χ2n) is 16.6. The third-order valence-corrected chi connectivity index (χ3v) is 12.8. The van der Waals surface area contributed by atoms with Crippen LogP contribution in [0, 0.1) is 17.8 Å². The molecule has 3 aliphatic heterocycles. The summed E-state index contributed by atoms with van der Waals surface area (Å²) in [5.74, 6) is 5.92. The van der Waals surface area contributed by atoms with E-state index in [0.29, 0.717) is 47.9 Å². The number of benzene rings is 1. The Bertz CT molecular complexity index is 2580. The highest BCUT2D eigenvalue weighted by atomic mass is 19.3. The van der Waals surface area contributed by atoms with Gasteiger partial charge in [0.25, 0.3) is 12.3 Å². The molecule has 18 heteroatoms. The summed E-state index contributed by atoms with van der Waals surface area (Å²) in [6, 6.07) is 6.63. The van der Waals surface area contributed by atoms with E-state index in [1.807, 2.05) is 24.3 Å². The fraction of sp³-hybridized carbons (Fsp3) is 0.512. The van der Waals surface area contributed by atoms with Gasteiger partial charge in [0, 0.05) is 83.4 Å². The van der Waals surface area contributed by atoms with E-state index >= 15 is 0 Å². The number of rotatable bonds is 9. The summed E-state index contributed by atoms with van der Waals surface area (Å²) >= 11 is 0. The molecule has 61 heavy (non-hydrogen) atoms. The van der Waals surface area contributed by atoms with Gasteiger partial charge in [-0.2, -0.15) is 10.2 Å². The first-order valence-corrected chi connectivity index (χ1v) is 21.2. The van der Waals surface area contributed by atoms with Gasteiger partial charge < -0.3 is 15.0 Å². The predicted molar refractivity (Wildman–Crippen MR) is 220 cm³/mol. The number of alkyl halides is 2. The lowest BCUT2D eigenvalue weighted by Gasteiger charge is -2.37. The number of halogens is 2. The number of piperazine rings is 1. The van der Waals surface area contributed by atoms with Gasteiger partial charge in [0.2, 0.25) is 11.8 Å². The molecule has 0 bridgehead atoms. The molecule has 0 radical (unpaired) electrons. The van der Waals surface area contributed by atoms with Crippen molar-refractivity contribution in [2.45, 2.75) is 75.8 Å². The molecule has 16 nitrogen and oxygen atoms in total. The molecule has 4 aromatic heterocycles. The minimum absolute atomic E-state index is 0.00356. The zero-order valence-electron chi connectivity index (χ0n) is 34.1. The highest BCUT2D eigenvalue weighted by molar-refractivity contribution is 6.08. The Hall–Kier alpha value is -5.77. The minimum Gasteiger partial charge on any atom is -0.381 e. The molecule has 1 saturated carbocycles. The second kappa shape index (κ2) is 17.3. The Morgan fingerprint density at radius 2 is 1.77 bits per heavy atom. The van der Waals surface area contributed by atoms with Gasteiger partial charge in [0.1, 0.15) is 11.6 Å². The van der Waals surface area contributed by atoms with Crippen LogP contribution in [-0.2, 0) is 21.4 Å². The number of hydrogen-bond donors (Lipinski definition) is 2. The van der Waals surface area contributed by atoms with Crippen LogP contribution >= 0.6 is 0 Å². The van der Waals surface area contributed by atoms with E-state index < -0.39 is 30.0 Å². The van der Waals surface area contributed by atoms with Crippen molar-refractivity contribution < 1.29 is 27.9 Å². The Morgan fingerprint density at radius 1 is 1.00 bits per heavy atom. The van der Waals surface area contributed by atoms with Gasteiger partial charge in [-0.05, 0) is 69.1 Å². The number of nitrogens with zero attached hydrogens (tertiary/aromatic N) is 9. The second-order valence-corrected chi connectivity index (χ2v) is 16.6. The number of para-hydroxylation sites is 1. The molecule has 1 aliphatic carbocycles. The molecule has 4 fully saturated rings. The molecule has 5 aromatic rings. The Kier molecular flexibility index (Phi) is 11.5. The number of carbonyl (C=O) groups is 3. The van der Waals surface area contributed by atoms with E-state index in [0.717, 1.165) is 76.9 Å². The number of aryl methyl sites for hydroxylation is 1. The first-order valence-electron chi connectivity index (χ1n) is 21.2. The number of carbonyl (C=O) groups excluding carboxylic acids is 3. The van der Waals surface area contributed by atoms with E-state index in [-0.39, 0.29) is 47.6 Å². The van der Waals surface area contributed by atoms with Crippen LogP contribution in [0.25, 0.3) is 16.7 Å². The third kappa shape index (κ3) is 8.33. The van der Waals surface area contributed by atoms with Crippen molar-refractivity contribution in [1.29, 1.82) is 0 Å². The summed E-state index contributed by atoms with van der Waals surface area (Å²) in [5.41, 5.74) is 2.66. The molecule has 2 N–H and O–H groups in total. The van der Waals surface area contributed by atoms with Crippen LogP contribution in [0.5, 0.6) is 0 Å². The number of hydrogen-bond acceptors (Lipinski definition) is 10. The highest BCUT2D eigenvalue weighted by Crippen LogP contribution is 2.36. The van der Waals surface area contributed by atoms with Crippen LogP contribution < -0.4 is 16.3 Å². The summed E-state index contributed by atoms with van der Waals surface area (Å²) in [6.07, 6.45) is 7.51. The molecule has 9 rings (SSSR count). The average Bonchev–Trinajstić information content (AvgIpc) is 3.96. The average molecular weight is 838 g/mol. The standard InChI is InChI=1S/C43H49F2N11O5/c1-51-38-29(4-2-6-34(38)56(43(51)60)35-11-12-36(57)49-42(35)59)5-3-16-52-18-20-53(21-19-52)25-27-7-9-30(10-8-27)55-26-33(37(50-55)39(44)45)48-41(58)31-24-46-54-17-13-32(47-40(31)54)28-14-22-61-23-15-28/h2,4,6,13,17,24,26-28,30,35,39H,7-12,14-16,18-23,25H2,1H3,(H,48,58)(H,49,57,59). The van der Waals surface area contributed by atoms with Crippen molar-refractivity contribution in [3.63, 3.8) is 0 Å². The van der Waals surface area contributed by atoms with Crippen LogP contribution in [0.15, 0.2) is 47.7 Å². The SMILES string of the molecule is Cn1c(=O)n(C2CCC(=O)NC2=O)c2cccc(C#CCN3CCN(CC4CCC(n5cc(NC(=O)c6cnn7ccc(C8CCOCC8)nc67)c(C(F)F)n5)CC4)CC3)c21. The molecule has 1 aromatic carbocycles. The number of anilines is 1. The minimum atomic E-state index is -2.86. The zero-order chi connectivity index (χ0) is 42.2. The molecule has 320 valence electrons. The fourth-order valence-electron chi connectivity index (χ4n) is 9.41.